The number of carbonyl (C=O) groups is 2. The van der Waals surface area contributed by atoms with Crippen molar-refractivity contribution in [2.75, 3.05) is 18.0 Å². The number of anilines is 1. The lowest BCUT2D eigenvalue weighted by atomic mass is 10.1. The summed E-state index contributed by atoms with van der Waals surface area (Å²) >= 11 is 12.4. The molecule has 8 nitrogen and oxygen atoms in total. The molecule has 214 valence electrons. The Hall–Kier alpha value is -3.27. The van der Waals surface area contributed by atoms with Crippen molar-refractivity contribution in [1.82, 2.24) is 10.2 Å². The van der Waals surface area contributed by atoms with E-state index >= 15 is 0 Å². The quantitative estimate of drug-likeness (QED) is 0.293. The number of amides is 2. The van der Waals surface area contributed by atoms with Crippen LogP contribution in [0, 0.1) is 0 Å². The number of nitrogens with one attached hydrogen (secondary N) is 1. The zero-order valence-electron chi connectivity index (χ0n) is 22.8. The van der Waals surface area contributed by atoms with Gasteiger partial charge in [-0.15, -0.1) is 0 Å². The summed E-state index contributed by atoms with van der Waals surface area (Å²) in [4.78, 5) is 28.4. The molecule has 0 bridgehead atoms. The summed E-state index contributed by atoms with van der Waals surface area (Å²) in [5, 5.41) is 3.73. The second-order valence-electron chi connectivity index (χ2n) is 9.27. The molecule has 3 rings (SSSR count). The molecule has 3 aromatic carbocycles. The van der Waals surface area contributed by atoms with Gasteiger partial charge in [0.05, 0.1) is 17.7 Å². The van der Waals surface area contributed by atoms with E-state index in [0.717, 1.165) is 4.31 Å². The van der Waals surface area contributed by atoms with Crippen LogP contribution in [-0.4, -0.2) is 50.9 Å². The zero-order chi connectivity index (χ0) is 29.4. The Labute approximate surface area is 245 Å². The number of carbonyl (C=O) groups excluding carboxylic acids is 2. The highest BCUT2D eigenvalue weighted by atomic mass is 35.5. The van der Waals surface area contributed by atoms with E-state index in [2.05, 4.69) is 5.32 Å². The lowest BCUT2D eigenvalue weighted by Gasteiger charge is -2.32. The number of ether oxygens (including phenoxy) is 1. The molecule has 2 amide bonds. The number of benzene rings is 3. The second kappa shape index (κ2) is 13.9. The van der Waals surface area contributed by atoms with Crippen LogP contribution >= 0.6 is 23.2 Å². The maximum Gasteiger partial charge on any atom is 0.264 e. The van der Waals surface area contributed by atoms with Gasteiger partial charge >= 0.3 is 0 Å². The lowest BCUT2D eigenvalue weighted by molar-refractivity contribution is -0.139. The van der Waals surface area contributed by atoms with Gasteiger partial charge in [-0.2, -0.15) is 0 Å². The van der Waals surface area contributed by atoms with Crippen molar-refractivity contribution in [3.63, 3.8) is 0 Å². The van der Waals surface area contributed by atoms with Crippen LogP contribution in [0.3, 0.4) is 0 Å². The van der Waals surface area contributed by atoms with Crippen LogP contribution in [0.2, 0.25) is 10.0 Å². The van der Waals surface area contributed by atoms with E-state index < -0.39 is 28.5 Å². The third-order valence-corrected chi connectivity index (χ3v) is 8.92. The molecule has 2 unspecified atom stereocenters. The van der Waals surface area contributed by atoms with E-state index in [4.69, 9.17) is 27.9 Å². The van der Waals surface area contributed by atoms with Crippen LogP contribution in [0.4, 0.5) is 5.69 Å². The summed E-state index contributed by atoms with van der Waals surface area (Å²) in [6.07, 6.45) is 0.710. The van der Waals surface area contributed by atoms with Crippen molar-refractivity contribution < 1.29 is 22.7 Å². The number of rotatable bonds is 12. The Kier molecular flexibility index (Phi) is 10.8. The maximum atomic E-state index is 13.9. The first-order chi connectivity index (χ1) is 19.0. The van der Waals surface area contributed by atoms with E-state index in [1.165, 1.54) is 48.4 Å². The Morgan fingerprint density at radius 3 is 2.15 bits per heavy atom. The molecule has 0 saturated heterocycles. The molecule has 40 heavy (non-hydrogen) atoms. The van der Waals surface area contributed by atoms with Crippen LogP contribution in [0.5, 0.6) is 5.75 Å². The molecule has 0 aliphatic carbocycles. The highest BCUT2D eigenvalue weighted by Crippen LogP contribution is 2.27. The van der Waals surface area contributed by atoms with Gasteiger partial charge in [0.2, 0.25) is 11.8 Å². The zero-order valence-corrected chi connectivity index (χ0v) is 25.1. The largest absolute Gasteiger partial charge is 0.497 e. The summed E-state index contributed by atoms with van der Waals surface area (Å²) in [6.45, 7) is 4.86. The van der Waals surface area contributed by atoms with Crippen molar-refractivity contribution >= 4 is 50.7 Å². The molecular weight excluding hydrogens is 573 g/mol. The number of hydrogen-bond donors (Lipinski definition) is 1. The van der Waals surface area contributed by atoms with Crippen molar-refractivity contribution in [3.8, 4) is 5.75 Å². The first-order valence-electron chi connectivity index (χ1n) is 12.7. The smallest absolute Gasteiger partial charge is 0.264 e. The molecule has 0 spiro atoms. The molecule has 2 atom stereocenters. The highest BCUT2D eigenvalue weighted by Gasteiger charge is 2.33. The third-order valence-electron chi connectivity index (χ3n) is 6.51. The molecule has 0 heterocycles. The molecule has 0 aromatic heterocycles. The van der Waals surface area contributed by atoms with Crippen molar-refractivity contribution in [2.45, 2.75) is 50.7 Å². The van der Waals surface area contributed by atoms with Crippen molar-refractivity contribution in [1.29, 1.82) is 0 Å². The normalized spacial score (nSPS) is 12.8. The molecule has 1 N–H and O–H groups in total. The molecule has 11 heteroatoms. The number of nitrogens with zero attached hydrogens (tertiary/aromatic N) is 2. The topological polar surface area (TPSA) is 96.0 Å². The van der Waals surface area contributed by atoms with Crippen LogP contribution in [0.15, 0.2) is 77.7 Å². The van der Waals surface area contributed by atoms with E-state index in [-0.39, 0.29) is 29.1 Å². The Morgan fingerprint density at radius 2 is 1.57 bits per heavy atom. The van der Waals surface area contributed by atoms with E-state index in [0.29, 0.717) is 27.8 Å². The number of methoxy groups -OCH3 is 1. The average Bonchev–Trinajstić information content (AvgIpc) is 2.95. The van der Waals surface area contributed by atoms with Crippen LogP contribution in [0.1, 0.15) is 32.8 Å². The fraction of sp³-hybridized carbons (Fsp3) is 0.310. The number of hydrogen-bond acceptors (Lipinski definition) is 5. The minimum atomic E-state index is -4.21. The predicted molar refractivity (Wildman–Crippen MR) is 158 cm³/mol. The van der Waals surface area contributed by atoms with Crippen LogP contribution < -0.4 is 14.4 Å². The molecule has 0 saturated carbocycles. The van der Waals surface area contributed by atoms with Gasteiger partial charge in [0, 0.05) is 22.6 Å². The van der Waals surface area contributed by atoms with Crippen LogP contribution in [-0.2, 0) is 26.2 Å². The average molecular weight is 607 g/mol. The van der Waals surface area contributed by atoms with Gasteiger partial charge < -0.3 is 15.0 Å². The van der Waals surface area contributed by atoms with E-state index in [1.807, 2.05) is 13.8 Å². The second-order valence-corrected chi connectivity index (χ2v) is 12.0. The van der Waals surface area contributed by atoms with E-state index in [1.54, 1.807) is 43.3 Å². The first-order valence-corrected chi connectivity index (χ1v) is 14.9. The van der Waals surface area contributed by atoms with Gasteiger partial charge in [-0.25, -0.2) is 8.42 Å². The van der Waals surface area contributed by atoms with Gasteiger partial charge in [0.15, 0.2) is 0 Å². The number of sulfonamides is 1. The van der Waals surface area contributed by atoms with E-state index in [9.17, 15) is 18.0 Å². The molecule has 0 aliphatic heterocycles. The van der Waals surface area contributed by atoms with Crippen molar-refractivity contribution in [2.24, 2.45) is 0 Å². The predicted octanol–water partition coefficient (Wildman–Crippen LogP) is 5.53. The lowest BCUT2D eigenvalue weighted by Crippen LogP contribution is -2.52. The highest BCUT2D eigenvalue weighted by molar-refractivity contribution is 7.92. The summed E-state index contributed by atoms with van der Waals surface area (Å²) < 4.78 is 33.9. The first kappa shape index (κ1) is 31.3. The number of halogens is 2. The van der Waals surface area contributed by atoms with Gasteiger partial charge in [0.1, 0.15) is 18.3 Å². The molecule has 3 aromatic rings. The van der Waals surface area contributed by atoms with Crippen molar-refractivity contribution in [3.05, 3.63) is 88.4 Å². The fourth-order valence-electron chi connectivity index (χ4n) is 3.87. The van der Waals surface area contributed by atoms with Gasteiger partial charge in [-0.05, 0) is 80.4 Å². The standard InChI is InChI=1S/C29H33Cl2N3O5S/c1-5-20(2)32-29(36)21(3)33(18-22-8-6-7-9-27(22)31)28(35)19-34(24-12-10-23(30)11-13-24)40(37,38)26-16-14-25(39-4)15-17-26/h6-17,20-21H,5,18-19H2,1-4H3,(H,32,36). The van der Waals surface area contributed by atoms with Gasteiger partial charge in [-0.3, -0.25) is 13.9 Å². The summed E-state index contributed by atoms with van der Waals surface area (Å²) in [5.74, 6) is -0.454. The Morgan fingerprint density at radius 1 is 0.950 bits per heavy atom. The minimum Gasteiger partial charge on any atom is -0.497 e. The molecule has 0 fully saturated rings. The molecule has 0 radical (unpaired) electrons. The van der Waals surface area contributed by atoms with Crippen LogP contribution in [0.25, 0.3) is 0 Å². The molecule has 0 aliphatic rings. The Bertz CT molecular complexity index is 1420. The summed E-state index contributed by atoms with van der Waals surface area (Å²) in [5.41, 5.74) is 0.861. The Balaban J connectivity index is 2.03. The molecular formula is C29H33Cl2N3O5S. The van der Waals surface area contributed by atoms with Gasteiger partial charge in [-0.1, -0.05) is 48.3 Å². The summed E-state index contributed by atoms with van der Waals surface area (Å²) in [6, 6.07) is 18.0. The van der Waals surface area contributed by atoms with Gasteiger partial charge in [0.25, 0.3) is 10.0 Å². The minimum absolute atomic E-state index is 0.00460. The third kappa shape index (κ3) is 7.68. The summed E-state index contributed by atoms with van der Waals surface area (Å²) in [7, 11) is -2.73. The monoisotopic (exact) mass is 605 g/mol. The maximum absolute atomic E-state index is 13.9. The SMILES string of the molecule is CCC(C)NC(=O)C(C)N(Cc1ccccc1Cl)C(=O)CN(c1ccc(Cl)cc1)S(=O)(=O)c1ccc(OC)cc1. The fourth-order valence-corrected chi connectivity index (χ4v) is 5.60.